The largest absolute Gasteiger partial charge is 0.303 e. The molecule has 4 nitrogen and oxygen atoms in total. The Morgan fingerprint density at radius 2 is 1.56 bits per heavy atom. The summed E-state index contributed by atoms with van der Waals surface area (Å²) in [6.07, 6.45) is 4.34. The second kappa shape index (κ2) is 8.49. The van der Waals surface area contributed by atoms with Gasteiger partial charge in [0.25, 0.3) is 0 Å². The van der Waals surface area contributed by atoms with Crippen molar-refractivity contribution in [3.63, 3.8) is 0 Å². The Morgan fingerprint density at radius 3 is 2.22 bits per heavy atom. The number of para-hydroxylation sites is 1. The van der Waals surface area contributed by atoms with Crippen molar-refractivity contribution in [3.8, 4) is 5.69 Å². The van der Waals surface area contributed by atoms with Crippen molar-refractivity contribution in [1.29, 1.82) is 0 Å². The molecule has 0 atom stereocenters. The van der Waals surface area contributed by atoms with Crippen LogP contribution in [0.2, 0.25) is 0 Å². The number of nitrogens with zero attached hydrogens (tertiary/aromatic N) is 4. The molecule has 3 aromatic rings. The van der Waals surface area contributed by atoms with E-state index in [0.717, 1.165) is 57.0 Å². The van der Waals surface area contributed by atoms with Crippen molar-refractivity contribution in [2.75, 3.05) is 19.6 Å². The molecule has 4 heteroatoms. The van der Waals surface area contributed by atoms with Crippen LogP contribution in [0.5, 0.6) is 0 Å². The summed E-state index contributed by atoms with van der Waals surface area (Å²) in [5.74, 6) is 2.69. The second-order valence-corrected chi connectivity index (χ2v) is 7.35. The molecule has 1 aliphatic rings. The predicted octanol–water partition coefficient (Wildman–Crippen LogP) is 4.25. The highest BCUT2D eigenvalue weighted by molar-refractivity contribution is 5.34. The molecule has 0 saturated carbocycles. The van der Waals surface area contributed by atoms with Crippen molar-refractivity contribution >= 4 is 0 Å². The van der Waals surface area contributed by atoms with Crippen LogP contribution >= 0.6 is 0 Å². The van der Waals surface area contributed by atoms with Gasteiger partial charge in [-0.3, -0.25) is 4.57 Å². The van der Waals surface area contributed by atoms with Crippen LogP contribution < -0.4 is 0 Å². The average molecular weight is 361 g/mol. The lowest BCUT2D eigenvalue weighted by Crippen LogP contribution is -2.35. The van der Waals surface area contributed by atoms with E-state index >= 15 is 0 Å². The van der Waals surface area contributed by atoms with Crippen LogP contribution in [0.1, 0.15) is 42.9 Å². The van der Waals surface area contributed by atoms with Crippen LogP contribution in [0, 0.1) is 0 Å². The van der Waals surface area contributed by atoms with Crippen molar-refractivity contribution in [1.82, 2.24) is 19.7 Å². The van der Waals surface area contributed by atoms with Gasteiger partial charge in [0.2, 0.25) is 0 Å². The normalized spacial score (nSPS) is 15.9. The lowest BCUT2D eigenvalue weighted by molar-refractivity contribution is 0.210. The standard InChI is InChI=1S/C23H28N4/c1-2-22-24-25-23(27(22)21-11-7-4-8-12-21)20-14-17-26(18-15-20)16-13-19-9-5-3-6-10-19/h3-12,20H,2,13-18H2,1H3. The number of aryl methyl sites for hydroxylation is 1. The maximum atomic E-state index is 4.60. The highest BCUT2D eigenvalue weighted by atomic mass is 15.3. The van der Waals surface area contributed by atoms with E-state index in [-0.39, 0.29) is 0 Å². The minimum absolute atomic E-state index is 0.492. The maximum Gasteiger partial charge on any atom is 0.140 e. The molecular formula is C23H28N4. The van der Waals surface area contributed by atoms with Crippen molar-refractivity contribution in [2.24, 2.45) is 0 Å². The van der Waals surface area contributed by atoms with Gasteiger partial charge >= 0.3 is 0 Å². The minimum Gasteiger partial charge on any atom is -0.303 e. The molecule has 1 aromatic heterocycles. The van der Waals surface area contributed by atoms with Crippen molar-refractivity contribution < 1.29 is 0 Å². The number of hydrogen-bond acceptors (Lipinski definition) is 3. The third-order valence-electron chi connectivity index (χ3n) is 5.60. The first-order valence-electron chi connectivity index (χ1n) is 10.1. The van der Waals surface area contributed by atoms with Crippen LogP contribution in [0.4, 0.5) is 0 Å². The quantitative estimate of drug-likeness (QED) is 0.659. The summed E-state index contributed by atoms with van der Waals surface area (Å²) in [5.41, 5.74) is 2.61. The Labute approximate surface area is 161 Å². The van der Waals surface area contributed by atoms with Crippen molar-refractivity contribution in [2.45, 2.75) is 38.5 Å². The Hall–Kier alpha value is -2.46. The predicted molar refractivity (Wildman–Crippen MR) is 109 cm³/mol. The summed E-state index contributed by atoms with van der Waals surface area (Å²) in [6.45, 7) is 5.57. The highest BCUT2D eigenvalue weighted by Gasteiger charge is 2.26. The molecule has 4 rings (SSSR count). The van der Waals surface area contributed by atoms with Gasteiger partial charge < -0.3 is 4.90 Å². The van der Waals surface area contributed by atoms with Gasteiger partial charge in [0.1, 0.15) is 11.6 Å². The van der Waals surface area contributed by atoms with E-state index in [1.807, 2.05) is 0 Å². The van der Waals surface area contributed by atoms with Gasteiger partial charge in [-0.1, -0.05) is 55.5 Å². The lowest BCUT2D eigenvalue weighted by atomic mass is 9.95. The Bertz CT molecular complexity index is 833. The number of piperidine rings is 1. The topological polar surface area (TPSA) is 34.0 Å². The third-order valence-corrected chi connectivity index (χ3v) is 5.60. The highest BCUT2D eigenvalue weighted by Crippen LogP contribution is 2.29. The van der Waals surface area contributed by atoms with E-state index in [9.17, 15) is 0 Å². The van der Waals surface area contributed by atoms with Crippen molar-refractivity contribution in [3.05, 3.63) is 77.9 Å². The van der Waals surface area contributed by atoms with Crippen LogP contribution in [0.25, 0.3) is 5.69 Å². The Balaban J connectivity index is 1.42. The van der Waals surface area contributed by atoms with E-state index in [0.29, 0.717) is 5.92 Å². The second-order valence-electron chi connectivity index (χ2n) is 7.35. The van der Waals surface area contributed by atoms with Crippen LogP contribution in [-0.4, -0.2) is 39.3 Å². The molecule has 0 unspecified atom stereocenters. The molecular weight excluding hydrogens is 332 g/mol. The number of likely N-dealkylation sites (tertiary alicyclic amines) is 1. The van der Waals surface area contributed by atoms with Crippen LogP contribution in [0.3, 0.4) is 0 Å². The number of benzene rings is 2. The fourth-order valence-electron chi connectivity index (χ4n) is 4.03. The van der Waals surface area contributed by atoms with E-state index in [4.69, 9.17) is 0 Å². The molecule has 140 valence electrons. The first-order chi connectivity index (χ1) is 13.3. The van der Waals surface area contributed by atoms with E-state index in [2.05, 4.69) is 87.3 Å². The first-order valence-corrected chi connectivity index (χ1v) is 10.1. The average Bonchev–Trinajstić information content (AvgIpc) is 3.18. The zero-order valence-corrected chi connectivity index (χ0v) is 16.1. The third kappa shape index (κ3) is 4.11. The summed E-state index contributed by atoms with van der Waals surface area (Å²) in [4.78, 5) is 2.59. The summed E-state index contributed by atoms with van der Waals surface area (Å²) in [6, 6.07) is 21.3. The van der Waals surface area contributed by atoms with E-state index < -0.39 is 0 Å². The Kier molecular flexibility index (Phi) is 5.64. The smallest absolute Gasteiger partial charge is 0.140 e. The first kappa shape index (κ1) is 17.9. The minimum atomic E-state index is 0.492. The number of rotatable bonds is 6. The number of aromatic nitrogens is 3. The molecule has 0 amide bonds. The molecule has 2 heterocycles. The molecule has 0 spiro atoms. The zero-order chi connectivity index (χ0) is 18.5. The van der Waals surface area contributed by atoms with Gasteiger partial charge in [-0.15, -0.1) is 10.2 Å². The Morgan fingerprint density at radius 1 is 0.889 bits per heavy atom. The van der Waals surface area contributed by atoms with Gasteiger partial charge in [-0.2, -0.15) is 0 Å². The van der Waals surface area contributed by atoms with Crippen LogP contribution in [0.15, 0.2) is 60.7 Å². The molecule has 1 fully saturated rings. The lowest BCUT2D eigenvalue weighted by Gasteiger charge is -2.31. The van der Waals surface area contributed by atoms with E-state index in [1.54, 1.807) is 0 Å². The van der Waals surface area contributed by atoms with Gasteiger partial charge in [0.15, 0.2) is 0 Å². The molecule has 0 N–H and O–H groups in total. The fraction of sp³-hybridized carbons (Fsp3) is 0.391. The maximum absolute atomic E-state index is 4.60. The summed E-state index contributed by atoms with van der Waals surface area (Å²) >= 11 is 0. The summed E-state index contributed by atoms with van der Waals surface area (Å²) in [7, 11) is 0. The summed E-state index contributed by atoms with van der Waals surface area (Å²) in [5, 5.41) is 9.08. The van der Waals surface area contributed by atoms with E-state index in [1.165, 1.54) is 11.3 Å². The molecule has 0 radical (unpaired) electrons. The molecule has 0 bridgehead atoms. The molecule has 27 heavy (non-hydrogen) atoms. The summed E-state index contributed by atoms with van der Waals surface area (Å²) < 4.78 is 2.28. The molecule has 0 aliphatic carbocycles. The van der Waals surface area contributed by atoms with Gasteiger partial charge in [0.05, 0.1) is 0 Å². The van der Waals surface area contributed by atoms with Gasteiger partial charge in [-0.25, -0.2) is 0 Å². The monoisotopic (exact) mass is 360 g/mol. The molecule has 2 aromatic carbocycles. The zero-order valence-electron chi connectivity index (χ0n) is 16.1. The molecule has 1 aliphatic heterocycles. The molecule has 1 saturated heterocycles. The van der Waals surface area contributed by atoms with Crippen LogP contribution in [-0.2, 0) is 12.8 Å². The van der Waals surface area contributed by atoms with Gasteiger partial charge in [0, 0.05) is 24.6 Å². The number of hydrogen-bond donors (Lipinski definition) is 0. The van der Waals surface area contributed by atoms with Gasteiger partial charge in [-0.05, 0) is 50.0 Å². The fourth-order valence-corrected chi connectivity index (χ4v) is 4.03. The SMILES string of the molecule is CCc1nnc(C2CCN(CCc3ccccc3)CC2)n1-c1ccccc1.